The van der Waals surface area contributed by atoms with Crippen molar-refractivity contribution in [2.75, 3.05) is 13.1 Å². The maximum absolute atomic E-state index is 12.7. The van der Waals surface area contributed by atoms with Crippen LogP contribution >= 0.6 is 23.5 Å². The molecule has 3 aliphatic heterocycles. The number of furan rings is 2. The summed E-state index contributed by atoms with van der Waals surface area (Å²) < 4.78 is 11.2. The van der Waals surface area contributed by atoms with Crippen LogP contribution < -0.4 is 0 Å². The van der Waals surface area contributed by atoms with Gasteiger partial charge in [0, 0.05) is 19.5 Å². The van der Waals surface area contributed by atoms with Crippen LogP contribution in [0.3, 0.4) is 0 Å². The number of nitrogens with one attached hydrogen (secondary N) is 1. The van der Waals surface area contributed by atoms with Crippen molar-refractivity contribution < 1.29 is 13.6 Å². The van der Waals surface area contributed by atoms with Crippen LogP contribution in [-0.2, 0) is 17.0 Å². The number of thioether (sulfide) groups is 2. The number of aliphatic imine (C=N–C) groups is 1. The molecule has 1 fully saturated rings. The molecule has 0 radical (unpaired) electrons. The first-order valence-electron chi connectivity index (χ1n) is 10.3. The SMILES string of the molecule is CC1CCN(C2=NN3C(=N)C(Cc4ccc(SCc5ccco5)o4)C(=O)N=C3S2)CC1. The number of amides is 1. The normalized spacial score (nSPS) is 22.0. The fraction of sp³-hybridized carbons (Fsp3) is 0.429. The summed E-state index contributed by atoms with van der Waals surface area (Å²) in [5.41, 5.74) is 0. The Morgan fingerprint density at radius 3 is 2.84 bits per heavy atom. The Morgan fingerprint density at radius 2 is 2.06 bits per heavy atom. The fourth-order valence-corrected chi connectivity index (χ4v) is 5.47. The third-order valence-corrected chi connectivity index (χ3v) is 7.55. The van der Waals surface area contributed by atoms with E-state index in [0.29, 0.717) is 23.1 Å². The van der Waals surface area contributed by atoms with Crippen LogP contribution in [0.4, 0.5) is 0 Å². The summed E-state index contributed by atoms with van der Waals surface area (Å²) in [4.78, 5) is 19.1. The van der Waals surface area contributed by atoms with Gasteiger partial charge in [0.1, 0.15) is 23.3 Å². The Balaban J connectivity index is 1.24. The Morgan fingerprint density at radius 1 is 1.23 bits per heavy atom. The number of piperidine rings is 1. The highest BCUT2D eigenvalue weighted by Crippen LogP contribution is 2.33. The average Bonchev–Trinajstić information content (AvgIpc) is 3.51. The van der Waals surface area contributed by atoms with Gasteiger partial charge in [0.15, 0.2) is 10.3 Å². The van der Waals surface area contributed by atoms with Crippen LogP contribution in [0.15, 0.2) is 54.5 Å². The summed E-state index contributed by atoms with van der Waals surface area (Å²) in [6.07, 6.45) is 4.20. The molecule has 1 amide bonds. The summed E-state index contributed by atoms with van der Waals surface area (Å²) in [6, 6.07) is 7.51. The lowest BCUT2D eigenvalue weighted by Gasteiger charge is -2.30. The monoisotopic (exact) mass is 457 g/mol. The summed E-state index contributed by atoms with van der Waals surface area (Å²) in [5, 5.41) is 16.8. The molecule has 5 heterocycles. The summed E-state index contributed by atoms with van der Waals surface area (Å²) in [7, 11) is 0. The van der Waals surface area contributed by atoms with Gasteiger partial charge in [-0.15, -0.1) is 5.10 Å². The van der Waals surface area contributed by atoms with Crippen LogP contribution in [-0.4, -0.2) is 45.1 Å². The molecule has 31 heavy (non-hydrogen) atoms. The number of carbonyl (C=O) groups is 1. The molecule has 0 aromatic carbocycles. The zero-order chi connectivity index (χ0) is 21.4. The van der Waals surface area contributed by atoms with Crippen LogP contribution in [0.2, 0.25) is 0 Å². The van der Waals surface area contributed by atoms with Gasteiger partial charge in [-0.25, -0.2) is 0 Å². The van der Waals surface area contributed by atoms with E-state index in [1.54, 1.807) is 6.26 Å². The number of fused-ring (bicyclic) bond motifs is 1. The number of likely N-dealkylation sites (tertiary alicyclic amines) is 1. The molecule has 162 valence electrons. The molecule has 1 saturated heterocycles. The summed E-state index contributed by atoms with van der Waals surface area (Å²) in [6.45, 7) is 4.16. The number of nitrogens with zero attached hydrogens (tertiary/aromatic N) is 4. The van der Waals surface area contributed by atoms with E-state index in [2.05, 4.69) is 21.9 Å². The highest BCUT2D eigenvalue weighted by molar-refractivity contribution is 8.26. The van der Waals surface area contributed by atoms with E-state index >= 15 is 0 Å². The number of hydrogen-bond donors (Lipinski definition) is 1. The van der Waals surface area contributed by atoms with Gasteiger partial charge in [0.05, 0.1) is 12.0 Å². The van der Waals surface area contributed by atoms with Gasteiger partial charge in [-0.2, -0.15) is 10.0 Å². The third kappa shape index (κ3) is 4.31. The van der Waals surface area contributed by atoms with Gasteiger partial charge in [0.2, 0.25) is 5.17 Å². The molecule has 1 unspecified atom stereocenters. The van der Waals surface area contributed by atoms with Crippen LogP contribution in [0, 0.1) is 17.2 Å². The number of rotatable bonds is 5. The van der Waals surface area contributed by atoms with Gasteiger partial charge < -0.3 is 13.7 Å². The lowest BCUT2D eigenvalue weighted by molar-refractivity contribution is -0.120. The van der Waals surface area contributed by atoms with Crippen LogP contribution in [0.1, 0.15) is 31.3 Å². The lowest BCUT2D eigenvalue weighted by Crippen LogP contribution is -2.42. The predicted octanol–water partition coefficient (Wildman–Crippen LogP) is 4.25. The topological polar surface area (TPSA) is 98.4 Å². The van der Waals surface area contributed by atoms with Crippen molar-refractivity contribution in [2.45, 2.75) is 37.0 Å². The van der Waals surface area contributed by atoms with Gasteiger partial charge >= 0.3 is 0 Å². The van der Waals surface area contributed by atoms with Crippen molar-refractivity contribution in [3.63, 3.8) is 0 Å². The van der Waals surface area contributed by atoms with E-state index in [4.69, 9.17) is 14.2 Å². The molecular formula is C21H23N5O3S2. The minimum absolute atomic E-state index is 0.157. The molecule has 0 spiro atoms. The van der Waals surface area contributed by atoms with Gasteiger partial charge in [-0.3, -0.25) is 10.2 Å². The number of hydrogen-bond acceptors (Lipinski definition) is 8. The predicted molar refractivity (Wildman–Crippen MR) is 121 cm³/mol. The molecule has 0 aliphatic carbocycles. The van der Waals surface area contributed by atoms with E-state index in [1.807, 2.05) is 24.3 Å². The summed E-state index contributed by atoms with van der Waals surface area (Å²) in [5.74, 6) is 2.08. The van der Waals surface area contributed by atoms with Crippen molar-refractivity contribution in [3.8, 4) is 0 Å². The maximum Gasteiger partial charge on any atom is 0.259 e. The second-order valence-corrected chi connectivity index (χ2v) is 9.84. The zero-order valence-corrected chi connectivity index (χ0v) is 18.7. The fourth-order valence-electron chi connectivity index (χ4n) is 3.73. The van der Waals surface area contributed by atoms with Crippen LogP contribution in [0.25, 0.3) is 0 Å². The van der Waals surface area contributed by atoms with E-state index in [0.717, 1.165) is 47.9 Å². The molecular weight excluding hydrogens is 434 g/mol. The molecule has 0 bridgehead atoms. The van der Waals surface area contributed by atoms with Crippen molar-refractivity contribution in [1.82, 2.24) is 9.91 Å². The van der Waals surface area contributed by atoms with E-state index in [1.165, 1.54) is 28.5 Å². The Labute approximate surface area is 188 Å². The second kappa shape index (κ2) is 8.58. The molecule has 10 heteroatoms. The smallest absolute Gasteiger partial charge is 0.259 e. The van der Waals surface area contributed by atoms with Gasteiger partial charge in [0.25, 0.3) is 5.91 Å². The average molecular weight is 458 g/mol. The minimum atomic E-state index is -0.692. The first kappa shape index (κ1) is 20.4. The highest BCUT2D eigenvalue weighted by Gasteiger charge is 2.41. The Bertz CT molecular complexity index is 1040. The first-order chi connectivity index (χ1) is 15.1. The van der Waals surface area contributed by atoms with Gasteiger partial charge in [-0.05, 0) is 54.8 Å². The number of hydrazone groups is 1. The van der Waals surface area contributed by atoms with Crippen LogP contribution in [0.5, 0.6) is 0 Å². The van der Waals surface area contributed by atoms with E-state index in [9.17, 15) is 4.79 Å². The number of carbonyl (C=O) groups excluding carboxylic acids is 1. The standard InChI is InChI=1S/C21H23N5O3S2/c1-13-6-8-25(9-7-13)21-24-26-18(22)16(19(27)23-20(26)31-21)11-14-4-5-17(29-14)30-12-15-3-2-10-28-15/h2-5,10,13,16,22H,6-9,11-12H2,1H3. The highest BCUT2D eigenvalue weighted by atomic mass is 32.2. The minimum Gasteiger partial charge on any atom is -0.468 e. The van der Waals surface area contributed by atoms with E-state index in [-0.39, 0.29) is 11.7 Å². The molecule has 3 aliphatic rings. The number of amidine groups is 3. The quantitative estimate of drug-likeness (QED) is 0.670. The van der Waals surface area contributed by atoms with Gasteiger partial charge in [-0.1, -0.05) is 18.7 Å². The molecule has 2 aromatic heterocycles. The Hall–Kier alpha value is -2.46. The lowest BCUT2D eigenvalue weighted by atomic mass is 10.00. The van der Waals surface area contributed by atoms with Crippen molar-refractivity contribution in [2.24, 2.45) is 21.9 Å². The second-order valence-electron chi connectivity index (χ2n) is 7.93. The molecule has 8 nitrogen and oxygen atoms in total. The molecule has 0 saturated carbocycles. The molecule has 1 N–H and O–H groups in total. The molecule has 1 atom stereocenters. The first-order valence-corrected chi connectivity index (χ1v) is 12.1. The Kier molecular flexibility index (Phi) is 5.66. The summed E-state index contributed by atoms with van der Waals surface area (Å²) >= 11 is 2.91. The third-order valence-electron chi connectivity index (χ3n) is 5.64. The largest absolute Gasteiger partial charge is 0.468 e. The maximum atomic E-state index is 12.7. The molecule has 5 rings (SSSR count). The van der Waals surface area contributed by atoms with Crippen molar-refractivity contribution in [1.29, 1.82) is 5.41 Å². The van der Waals surface area contributed by atoms with E-state index < -0.39 is 5.92 Å². The van der Waals surface area contributed by atoms with Crippen molar-refractivity contribution in [3.05, 3.63) is 42.0 Å². The van der Waals surface area contributed by atoms with Crippen molar-refractivity contribution >= 4 is 45.6 Å². The molecule has 2 aromatic rings. The zero-order valence-electron chi connectivity index (χ0n) is 17.1.